The lowest BCUT2D eigenvalue weighted by Gasteiger charge is -2.32. The van der Waals surface area contributed by atoms with Crippen molar-refractivity contribution in [3.63, 3.8) is 0 Å². The lowest BCUT2D eigenvalue weighted by atomic mass is 10.0. The van der Waals surface area contributed by atoms with Crippen LogP contribution < -0.4 is 10.1 Å². The molecule has 11 heteroatoms. The third-order valence-electron chi connectivity index (χ3n) is 6.18. The van der Waals surface area contributed by atoms with Gasteiger partial charge in [-0.3, -0.25) is 9.59 Å². The molecule has 0 radical (unpaired) electrons. The van der Waals surface area contributed by atoms with Crippen LogP contribution in [0.3, 0.4) is 0 Å². The van der Waals surface area contributed by atoms with Gasteiger partial charge in [0.25, 0.3) is 11.8 Å². The Kier molecular flexibility index (Phi) is 7.24. The molecule has 2 aliphatic heterocycles. The zero-order chi connectivity index (χ0) is 24.3. The van der Waals surface area contributed by atoms with Crippen LogP contribution in [0.25, 0.3) is 0 Å². The highest BCUT2D eigenvalue weighted by molar-refractivity contribution is 7.89. The summed E-state index contributed by atoms with van der Waals surface area (Å²) in [6, 6.07) is 6.14. The van der Waals surface area contributed by atoms with E-state index in [1.807, 2.05) is 6.92 Å². The smallest absolute Gasteiger partial charge is 0.287 e. The monoisotopic (exact) mass is 491 g/mol. The van der Waals surface area contributed by atoms with Crippen molar-refractivity contribution in [1.82, 2.24) is 14.5 Å². The molecule has 0 spiro atoms. The highest BCUT2D eigenvalue weighted by atomic mass is 32.2. The van der Waals surface area contributed by atoms with Crippen molar-refractivity contribution < 1.29 is 31.9 Å². The first-order chi connectivity index (χ1) is 16.3. The van der Waals surface area contributed by atoms with Crippen molar-refractivity contribution in [2.75, 3.05) is 46.5 Å². The molecule has 0 aliphatic carbocycles. The van der Waals surface area contributed by atoms with Crippen molar-refractivity contribution in [3.8, 4) is 5.75 Å². The summed E-state index contributed by atoms with van der Waals surface area (Å²) in [5.74, 6) is -0.0310. The maximum Gasteiger partial charge on any atom is 0.287 e. The maximum absolute atomic E-state index is 13.2. The molecule has 0 atom stereocenters. The first-order valence-corrected chi connectivity index (χ1v) is 12.7. The number of ether oxygens (including phenoxy) is 2. The number of hydrogen-bond donors (Lipinski definition) is 1. The largest absolute Gasteiger partial charge is 0.495 e. The van der Waals surface area contributed by atoms with E-state index in [1.54, 1.807) is 17.0 Å². The molecule has 2 fully saturated rings. The van der Waals surface area contributed by atoms with Crippen LogP contribution in [-0.4, -0.2) is 82.0 Å². The molecule has 2 amide bonds. The van der Waals surface area contributed by atoms with E-state index in [1.165, 1.54) is 29.8 Å². The second kappa shape index (κ2) is 10.2. The third kappa shape index (κ3) is 4.96. The summed E-state index contributed by atoms with van der Waals surface area (Å²) < 4.78 is 43.5. The van der Waals surface area contributed by atoms with Gasteiger partial charge in [0.15, 0.2) is 5.76 Å². The summed E-state index contributed by atoms with van der Waals surface area (Å²) in [6.07, 6.45) is 2.66. The quantitative estimate of drug-likeness (QED) is 0.653. The number of furan rings is 1. The third-order valence-corrected chi connectivity index (χ3v) is 8.10. The predicted octanol–water partition coefficient (Wildman–Crippen LogP) is 1.65. The van der Waals surface area contributed by atoms with Crippen molar-refractivity contribution in [2.45, 2.75) is 30.7 Å². The van der Waals surface area contributed by atoms with Crippen LogP contribution >= 0.6 is 0 Å². The average Bonchev–Trinajstić information content (AvgIpc) is 3.30. The molecular weight excluding hydrogens is 462 g/mol. The van der Waals surface area contributed by atoms with Gasteiger partial charge in [-0.25, -0.2) is 8.42 Å². The minimum atomic E-state index is -3.84. The van der Waals surface area contributed by atoms with Crippen molar-refractivity contribution >= 4 is 21.8 Å². The summed E-state index contributed by atoms with van der Waals surface area (Å²) in [6.45, 7) is 3.84. The Bertz CT molecular complexity index is 1150. The minimum absolute atomic E-state index is 0.0290. The van der Waals surface area contributed by atoms with E-state index in [4.69, 9.17) is 13.9 Å². The van der Waals surface area contributed by atoms with Crippen molar-refractivity contribution in [2.24, 2.45) is 0 Å². The molecule has 3 heterocycles. The highest BCUT2D eigenvalue weighted by Crippen LogP contribution is 2.29. The number of rotatable bonds is 6. The second-order valence-corrected chi connectivity index (χ2v) is 10.3. The van der Waals surface area contributed by atoms with Crippen LogP contribution in [0.1, 0.15) is 39.3 Å². The summed E-state index contributed by atoms with van der Waals surface area (Å²) >= 11 is 0. The predicted molar refractivity (Wildman–Crippen MR) is 122 cm³/mol. The standard InChI is InChI=1S/C23H29N3O7S/c1-16-7-12-33-21(16)22(27)24-18-5-8-25(9-6-18)23(28)17-3-4-19(31-2)20(15-17)34(29,30)26-10-13-32-14-11-26/h3-4,7,12,15,18H,5-6,8-11,13-14H2,1-2H3,(H,24,27). The number of hydrogen-bond acceptors (Lipinski definition) is 7. The molecule has 4 rings (SSSR count). The number of likely N-dealkylation sites (tertiary alicyclic amines) is 1. The summed E-state index contributed by atoms with van der Waals surface area (Å²) in [5.41, 5.74) is 1.05. The number of benzene rings is 1. The van der Waals surface area contributed by atoms with Crippen molar-refractivity contribution in [3.05, 3.63) is 47.4 Å². The second-order valence-electron chi connectivity index (χ2n) is 8.35. The molecule has 1 aromatic carbocycles. The molecule has 2 aromatic rings. The molecule has 0 unspecified atom stereocenters. The number of nitrogens with one attached hydrogen (secondary N) is 1. The molecule has 2 saturated heterocycles. The number of piperidine rings is 1. The minimum Gasteiger partial charge on any atom is -0.495 e. The fraction of sp³-hybridized carbons (Fsp3) is 0.478. The van der Waals surface area contributed by atoms with Gasteiger partial charge in [-0.15, -0.1) is 0 Å². The van der Waals surface area contributed by atoms with Crippen LogP contribution in [-0.2, 0) is 14.8 Å². The maximum atomic E-state index is 13.2. The average molecular weight is 492 g/mol. The normalized spacial score (nSPS) is 18.0. The van der Waals surface area contributed by atoms with Crippen molar-refractivity contribution in [1.29, 1.82) is 0 Å². The summed E-state index contributed by atoms with van der Waals surface area (Å²) in [5, 5.41) is 2.96. The van der Waals surface area contributed by atoms with Gasteiger partial charge in [0.05, 0.1) is 26.6 Å². The van der Waals surface area contributed by atoms with E-state index >= 15 is 0 Å². The van der Waals surface area contributed by atoms with E-state index < -0.39 is 10.0 Å². The van der Waals surface area contributed by atoms with E-state index in [0.29, 0.717) is 44.9 Å². The molecule has 34 heavy (non-hydrogen) atoms. The fourth-order valence-corrected chi connectivity index (χ4v) is 5.79. The topological polar surface area (TPSA) is 118 Å². The molecule has 1 aromatic heterocycles. The molecular formula is C23H29N3O7S. The van der Waals surface area contributed by atoms with Gasteiger partial charge in [0.1, 0.15) is 10.6 Å². The van der Waals surface area contributed by atoms with Crippen LogP contribution in [0.15, 0.2) is 39.8 Å². The van der Waals surface area contributed by atoms with E-state index in [0.717, 1.165) is 5.56 Å². The first kappa shape index (κ1) is 24.2. The SMILES string of the molecule is COc1ccc(C(=O)N2CCC(NC(=O)c3occc3C)CC2)cc1S(=O)(=O)N1CCOCC1. The van der Waals surface area contributed by atoms with E-state index in [-0.39, 0.29) is 47.2 Å². The molecule has 0 saturated carbocycles. The fourth-order valence-electron chi connectivity index (χ4n) is 4.20. The van der Waals surface area contributed by atoms with Crippen LogP contribution in [0.5, 0.6) is 5.75 Å². The Morgan fingerprint density at radius 3 is 2.41 bits per heavy atom. The van der Waals surface area contributed by atoms with Gasteiger partial charge in [0.2, 0.25) is 10.0 Å². The molecule has 10 nitrogen and oxygen atoms in total. The Morgan fingerprint density at radius 2 is 1.79 bits per heavy atom. The van der Waals surface area contributed by atoms with E-state index in [2.05, 4.69) is 5.32 Å². The van der Waals surface area contributed by atoms with Gasteiger partial charge in [0, 0.05) is 43.3 Å². The van der Waals surface area contributed by atoms with Crippen LogP contribution in [0, 0.1) is 6.92 Å². The number of carbonyl (C=O) groups is 2. The molecule has 1 N–H and O–H groups in total. The summed E-state index contributed by atoms with van der Waals surface area (Å²) in [4.78, 5) is 27.2. The highest BCUT2D eigenvalue weighted by Gasteiger charge is 2.31. The number of nitrogens with zero attached hydrogens (tertiary/aromatic N) is 2. The Balaban J connectivity index is 1.44. The van der Waals surface area contributed by atoms with E-state index in [9.17, 15) is 18.0 Å². The zero-order valence-corrected chi connectivity index (χ0v) is 20.1. The zero-order valence-electron chi connectivity index (χ0n) is 19.3. The van der Waals surface area contributed by atoms with Gasteiger partial charge in [-0.1, -0.05) is 0 Å². The van der Waals surface area contributed by atoms with Gasteiger partial charge >= 0.3 is 0 Å². The molecule has 184 valence electrons. The number of aryl methyl sites for hydroxylation is 1. The van der Waals surface area contributed by atoms with Crippen LogP contribution in [0.4, 0.5) is 0 Å². The Labute approximate surface area is 198 Å². The van der Waals surface area contributed by atoms with Crippen LogP contribution in [0.2, 0.25) is 0 Å². The summed E-state index contributed by atoms with van der Waals surface area (Å²) in [7, 11) is -2.44. The lowest BCUT2D eigenvalue weighted by molar-refractivity contribution is 0.0694. The molecule has 0 bridgehead atoms. The number of amides is 2. The number of methoxy groups -OCH3 is 1. The lowest BCUT2D eigenvalue weighted by Crippen LogP contribution is -2.46. The number of sulfonamides is 1. The molecule has 2 aliphatic rings. The van der Waals surface area contributed by atoms with Gasteiger partial charge in [-0.05, 0) is 44.0 Å². The number of morpholine rings is 1. The number of carbonyl (C=O) groups excluding carboxylic acids is 2. The first-order valence-electron chi connectivity index (χ1n) is 11.2. The Morgan fingerprint density at radius 1 is 1.09 bits per heavy atom. The van der Waals surface area contributed by atoms with Gasteiger partial charge in [-0.2, -0.15) is 4.31 Å². The van der Waals surface area contributed by atoms with Gasteiger partial charge < -0.3 is 24.1 Å². The Hall–Kier alpha value is -2.89.